The summed E-state index contributed by atoms with van der Waals surface area (Å²) in [5, 5.41) is 7.00. The standard InChI is InChI=1S/C48H29NO2S/c1-5-20-40(33(12-1)36-17-10-19-38-35-14-3-7-23-43(35)51-48(36)38)49(41-21-11-25-45-46(41)39-15-4-8-24-44(39)52-45)31-28-26-30(27-29-31)32-16-9-18-37-34-13-2-6-22-42(34)50-47(32)37/h1-29H. The molecule has 3 heterocycles. The van der Waals surface area contributed by atoms with E-state index >= 15 is 0 Å². The van der Waals surface area contributed by atoms with Crippen LogP contribution in [0.15, 0.2) is 185 Å². The van der Waals surface area contributed by atoms with Crippen molar-refractivity contribution in [3.8, 4) is 22.3 Å². The molecule has 52 heavy (non-hydrogen) atoms. The Morgan fingerprint density at radius 3 is 1.63 bits per heavy atom. The van der Waals surface area contributed by atoms with Gasteiger partial charge >= 0.3 is 0 Å². The van der Waals surface area contributed by atoms with Gasteiger partial charge in [-0.15, -0.1) is 11.3 Å². The first-order chi connectivity index (χ1) is 25.8. The maximum absolute atomic E-state index is 6.60. The lowest BCUT2D eigenvalue weighted by molar-refractivity contribution is 0.669. The van der Waals surface area contributed by atoms with Crippen LogP contribution in [0.4, 0.5) is 17.1 Å². The minimum atomic E-state index is 0.892. The first-order valence-corrected chi connectivity index (χ1v) is 18.3. The summed E-state index contributed by atoms with van der Waals surface area (Å²) in [5.41, 5.74) is 11.2. The van der Waals surface area contributed by atoms with Crippen molar-refractivity contribution >= 4 is 92.4 Å². The van der Waals surface area contributed by atoms with Gasteiger partial charge in [-0.2, -0.15) is 0 Å². The van der Waals surface area contributed by atoms with Crippen molar-refractivity contribution in [3.05, 3.63) is 176 Å². The van der Waals surface area contributed by atoms with Gasteiger partial charge in [-0.1, -0.05) is 127 Å². The summed E-state index contributed by atoms with van der Waals surface area (Å²) in [6.45, 7) is 0. The van der Waals surface area contributed by atoms with Crippen LogP contribution in [0, 0.1) is 0 Å². The van der Waals surface area contributed by atoms with E-state index in [1.807, 2.05) is 35.6 Å². The second-order valence-corrected chi connectivity index (χ2v) is 14.3. The van der Waals surface area contributed by atoms with Crippen molar-refractivity contribution in [3.63, 3.8) is 0 Å². The Bertz CT molecular complexity index is 3150. The fraction of sp³-hybridized carbons (Fsp3) is 0. The first kappa shape index (κ1) is 29.1. The van der Waals surface area contributed by atoms with Gasteiger partial charge in [0.05, 0.1) is 11.4 Å². The zero-order valence-corrected chi connectivity index (χ0v) is 28.7. The summed E-state index contributed by atoms with van der Waals surface area (Å²) < 4.78 is 15.6. The number of anilines is 3. The van der Waals surface area contributed by atoms with E-state index in [9.17, 15) is 0 Å². The van der Waals surface area contributed by atoms with E-state index < -0.39 is 0 Å². The van der Waals surface area contributed by atoms with Gasteiger partial charge in [0.2, 0.25) is 0 Å². The van der Waals surface area contributed by atoms with Gasteiger partial charge in [0.1, 0.15) is 22.3 Å². The van der Waals surface area contributed by atoms with Crippen LogP contribution in [0.25, 0.3) is 86.3 Å². The molecule has 0 spiro atoms. The summed E-state index contributed by atoms with van der Waals surface area (Å²) in [5.74, 6) is 0. The highest BCUT2D eigenvalue weighted by Crippen LogP contribution is 2.49. The summed E-state index contributed by atoms with van der Waals surface area (Å²) in [4.78, 5) is 2.42. The summed E-state index contributed by atoms with van der Waals surface area (Å²) in [6.07, 6.45) is 0. The first-order valence-electron chi connectivity index (χ1n) is 17.5. The number of para-hydroxylation sites is 5. The van der Waals surface area contributed by atoms with Gasteiger partial charge in [-0.05, 0) is 54.1 Å². The summed E-state index contributed by atoms with van der Waals surface area (Å²) >= 11 is 1.84. The van der Waals surface area contributed by atoms with E-state index in [1.165, 1.54) is 20.2 Å². The maximum atomic E-state index is 6.60. The molecular weight excluding hydrogens is 655 g/mol. The highest BCUT2D eigenvalue weighted by Gasteiger charge is 2.23. The van der Waals surface area contributed by atoms with Crippen molar-refractivity contribution in [2.45, 2.75) is 0 Å². The molecule has 0 radical (unpaired) electrons. The van der Waals surface area contributed by atoms with E-state index in [1.54, 1.807) is 0 Å². The smallest absolute Gasteiger partial charge is 0.143 e. The molecular formula is C48H29NO2S. The SMILES string of the molecule is c1ccc(N(c2ccc(-c3cccc4c3oc3ccccc34)cc2)c2cccc3sc4ccccc4c23)c(-c2cccc3c2oc2ccccc23)c1. The van der Waals surface area contributed by atoms with E-state index in [2.05, 4.69) is 157 Å². The lowest BCUT2D eigenvalue weighted by Crippen LogP contribution is -2.11. The van der Waals surface area contributed by atoms with Crippen LogP contribution in [-0.4, -0.2) is 0 Å². The molecule has 0 fully saturated rings. The topological polar surface area (TPSA) is 29.5 Å². The number of fused-ring (bicyclic) bond motifs is 9. The zero-order chi connectivity index (χ0) is 34.2. The minimum absolute atomic E-state index is 0.892. The molecule has 0 N–H and O–H groups in total. The van der Waals surface area contributed by atoms with E-state index in [-0.39, 0.29) is 0 Å². The second-order valence-electron chi connectivity index (χ2n) is 13.2. The van der Waals surface area contributed by atoms with Crippen LogP contribution in [0.1, 0.15) is 0 Å². The Kier molecular flexibility index (Phi) is 6.42. The second kappa shape index (κ2) is 11.5. The van der Waals surface area contributed by atoms with Crippen LogP contribution in [0.5, 0.6) is 0 Å². The number of rotatable bonds is 5. The van der Waals surface area contributed by atoms with Gasteiger partial charge < -0.3 is 13.7 Å². The fourth-order valence-electron chi connectivity index (χ4n) is 7.97. The molecule has 0 aliphatic carbocycles. The molecule has 0 bridgehead atoms. The Labute approximate surface area is 303 Å². The third-order valence-electron chi connectivity index (χ3n) is 10.3. The molecule has 0 amide bonds. The molecule has 8 aromatic carbocycles. The molecule has 4 heteroatoms. The Morgan fingerprint density at radius 2 is 0.885 bits per heavy atom. The van der Waals surface area contributed by atoms with Crippen LogP contribution in [0.3, 0.4) is 0 Å². The summed E-state index contributed by atoms with van der Waals surface area (Å²) in [6, 6.07) is 62.5. The van der Waals surface area contributed by atoms with Crippen molar-refractivity contribution < 1.29 is 8.83 Å². The van der Waals surface area contributed by atoms with Crippen LogP contribution in [0.2, 0.25) is 0 Å². The Balaban J connectivity index is 1.15. The quantitative estimate of drug-likeness (QED) is 0.181. The minimum Gasteiger partial charge on any atom is -0.455 e. The number of nitrogens with zero attached hydrogens (tertiary/aromatic N) is 1. The van der Waals surface area contributed by atoms with Crippen LogP contribution in [-0.2, 0) is 0 Å². The summed E-state index contributed by atoms with van der Waals surface area (Å²) in [7, 11) is 0. The number of benzene rings is 8. The molecule has 0 saturated heterocycles. The van der Waals surface area contributed by atoms with E-state index in [4.69, 9.17) is 8.83 Å². The van der Waals surface area contributed by atoms with Gasteiger partial charge in [0.15, 0.2) is 0 Å². The third-order valence-corrected chi connectivity index (χ3v) is 11.4. The lowest BCUT2D eigenvalue weighted by Gasteiger charge is -2.29. The Hall–Kier alpha value is -6.62. The van der Waals surface area contributed by atoms with Crippen LogP contribution < -0.4 is 4.90 Å². The highest BCUT2D eigenvalue weighted by molar-refractivity contribution is 7.26. The largest absolute Gasteiger partial charge is 0.455 e. The number of furan rings is 2. The number of thiophene rings is 1. The normalized spacial score (nSPS) is 11.8. The molecule has 0 aliphatic rings. The molecule has 0 saturated carbocycles. The van der Waals surface area contributed by atoms with E-state index in [0.717, 1.165) is 83.2 Å². The molecule has 3 aromatic heterocycles. The van der Waals surface area contributed by atoms with Crippen molar-refractivity contribution in [2.24, 2.45) is 0 Å². The predicted molar refractivity (Wildman–Crippen MR) is 219 cm³/mol. The molecule has 3 nitrogen and oxygen atoms in total. The van der Waals surface area contributed by atoms with Gasteiger partial charge in [-0.25, -0.2) is 0 Å². The van der Waals surface area contributed by atoms with E-state index in [0.29, 0.717) is 0 Å². The number of hydrogen-bond donors (Lipinski definition) is 0. The molecule has 0 unspecified atom stereocenters. The average Bonchev–Trinajstić information content (AvgIpc) is 3.90. The average molecular weight is 684 g/mol. The molecule has 0 atom stereocenters. The van der Waals surface area contributed by atoms with Gasteiger partial charge in [0, 0.05) is 64.1 Å². The van der Waals surface area contributed by atoms with Gasteiger partial charge in [-0.3, -0.25) is 0 Å². The maximum Gasteiger partial charge on any atom is 0.143 e. The van der Waals surface area contributed by atoms with Crippen molar-refractivity contribution in [1.82, 2.24) is 0 Å². The predicted octanol–water partition coefficient (Wildman–Crippen LogP) is 14.7. The highest BCUT2D eigenvalue weighted by atomic mass is 32.1. The molecule has 0 aliphatic heterocycles. The van der Waals surface area contributed by atoms with Crippen molar-refractivity contribution in [2.75, 3.05) is 4.90 Å². The number of hydrogen-bond acceptors (Lipinski definition) is 4. The fourth-order valence-corrected chi connectivity index (χ4v) is 9.10. The third kappa shape index (κ3) is 4.38. The molecule has 11 aromatic rings. The zero-order valence-electron chi connectivity index (χ0n) is 27.9. The Morgan fingerprint density at radius 1 is 0.365 bits per heavy atom. The van der Waals surface area contributed by atoms with Gasteiger partial charge in [0.25, 0.3) is 0 Å². The molecule has 11 rings (SSSR count). The monoisotopic (exact) mass is 683 g/mol. The van der Waals surface area contributed by atoms with Crippen LogP contribution >= 0.6 is 11.3 Å². The molecule has 244 valence electrons. The van der Waals surface area contributed by atoms with Crippen molar-refractivity contribution in [1.29, 1.82) is 0 Å². The lowest BCUT2D eigenvalue weighted by atomic mass is 9.98.